The first kappa shape index (κ1) is 21.0. The van der Waals surface area contributed by atoms with Crippen LogP contribution in [0.2, 0.25) is 0 Å². The monoisotopic (exact) mass is 429 g/mol. The number of benzene rings is 2. The van der Waals surface area contributed by atoms with Crippen LogP contribution in [-0.4, -0.2) is 29.2 Å². The lowest BCUT2D eigenvalue weighted by atomic mass is 10.0. The number of hydrogen-bond donors (Lipinski definition) is 1. The molecule has 0 atom stereocenters. The Kier molecular flexibility index (Phi) is 5.99. The first-order chi connectivity index (χ1) is 15.0. The van der Waals surface area contributed by atoms with Crippen molar-refractivity contribution >= 4 is 28.0 Å². The van der Waals surface area contributed by atoms with Gasteiger partial charge in [-0.2, -0.15) is 5.26 Å². The van der Waals surface area contributed by atoms with Crippen LogP contribution in [-0.2, 0) is 13.0 Å². The number of carbonyl (C=O) groups is 2. The molecule has 1 aliphatic heterocycles. The molecular weight excluding hydrogens is 406 g/mol. The minimum atomic E-state index is -0.283. The van der Waals surface area contributed by atoms with Crippen LogP contribution in [0.4, 0.5) is 5.00 Å². The summed E-state index contributed by atoms with van der Waals surface area (Å²) in [6.07, 6.45) is 0.819. The molecule has 6 heteroatoms. The first-order valence-corrected chi connectivity index (χ1v) is 11.1. The summed E-state index contributed by atoms with van der Waals surface area (Å²) >= 11 is 1.49. The summed E-state index contributed by atoms with van der Waals surface area (Å²) in [5, 5.41) is 13.2. The number of hydrogen-bond acceptors (Lipinski definition) is 5. The molecule has 31 heavy (non-hydrogen) atoms. The average Bonchev–Trinajstić information content (AvgIpc) is 3.15. The topological polar surface area (TPSA) is 73.2 Å². The molecule has 0 unspecified atom stereocenters. The van der Waals surface area contributed by atoms with E-state index in [1.54, 1.807) is 36.4 Å². The molecular formula is C25H23N3O2S. The van der Waals surface area contributed by atoms with E-state index < -0.39 is 0 Å². The van der Waals surface area contributed by atoms with Crippen LogP contribution in [0.25, 0.3) is 0 Å². The minimum Gasteiger partial charge on any atom is -0.312 e. The van der Waals surface area contributed by atoms with Gasteiger partial charge in [-0.3, -0.25) is 14.5 Å². The highest BCUT2D eigenvalue weighted by atomic mass is 32.1. The summed E-state index contributed by atoms with van der Waals surface area (Å²) in [5.41, 5.74) is 3.22. The van der Waals surface area contributed by atoms with Gasteiger partial charge in [-0.15, -0.1) is 11.3 Å². The Bertz CT molecular complexity index is 1160. The van der Waals surface area contributed by atoms with E-state index >= 15 is 0 Å². The lowest BCUT2D eigenvalue weighted by molar-refractivity contribution is 0.102. The molecule has 2 aromatic carbocycles. The average molecular weight is 430 g/mol. The molecule has 0 bridgehead atoms. The Morgan fingerprint density at radius 2 is 1.68 bits per heavy atom. The molecule has 1 N–H and O–H groups in total. The van der Waals surface area contributed by atoms with Crippen molar-refractivity contribution in [3.05, 3.63) is 87.3 Å². The number of carbonyl (C=O) groups excluding carboxylic acids is 2. The normalized spacial score (nSPS) is 13.5. The van der Waals surface area contributed by atoms with Gasteiger partial charge in [0.1, 0.15) is 11.1 Å². The van der Waals surface area contributed by atoms with Gasteiger partial charge < -0.3 is 5.32 Å². The highest BCUT2D eigenvalue weighted by Crippen LogP contribution is 2.37. The van der Waals surface area contributed by atoms with Gasteiger partial charge in [0.15, 0.2) is 5.78 Å². The van der Waals surface area contributed by atoms with E-state index in [1.807, 2.05) is 18.2 Å². The van der Waals surface area contributed by atoms with Crippen LogP contribution < -0.4 is 5.32 Å². The predicted octanol–water partition coefficient (Wildman–Crippen LogP) is 4.87. The predicted molar refractivity (Wildman–Crippen MR) is 123 cm³/mol. The standard InChI is InChI=1S/C25H23N3O2S/c1-16(2)28-13-12-20-21(14-26)25(31-22(20)15-28)27-24(30)19-10-8-18(9-11-19)23(29)17-6-4-3-5-7-17/h3-11,16H,12-13,15H2,1-2H3,(H,27,30). The number of amides is 1. The lowest BCUT2D eigenvalue weighted by Gasteiger charge is -2.30. The summed E-state index contributed by atoms with van der Waals surface area (Å²) < 4.78 is 0. The molecule has 2 heterocycles. The fourth-order valence-electron chi connectivity index (χ4n) is 3.77. The van der Waals surface area contributed by atoms with Crippen molar-refractivity contribution < 1.29 is 9.59 Å². The van der Waals surface area contributed by atoms with Gasteiger partial charge >= 0.3 is 0 Å². The molecule has 1 aromatic heterocycles. The van der Waals surface area contributed by atoms with Crippen molar-refractivity contribution in [3.63, 3.8) is 0 Å². The molecule has 4 rings (SSSR count). The van der Waals surface area contributed by atoms with Crippen molar-refractivity contribution in [2.45, 2.75) is 32.9 Å². The minimum absolute atomic E-state index is 0.0834. The second-order valence-electron chi connectivity index (χ2n) is 7.86. The number of thiophene rings is 1. The number of ketones is 1. The zero-order chi connectivity index (χ0) is 22.0. The summed E-state index contributed by atoms with van der Waals surface area (Å²) in [6.45, 7) is 6.05. The fourth-order valence-corrected chi connectivity index (χ4v) is 4.99. The Morgan fingerprint density at radius 1 is 1.03 bits per heavy atom. The van der Waals surface area contributed by atoms with Crippen LogP contribution >= 0.6 is 11.3 Å². The van der Waals surface area contributed by atoms with Crippen LogP contribution in [0.1, 0.15) is 56.1 Å². The van der Waals surface area contributed by atoms with Crippen molar-refractivity contribution in [2.75, 3.05) is 11.9 Å². The maximum atomic E-state index is 12.8. The van der Waals surface area contributed by atoms with Gasteiger partial charge in [0.2, 0.25) is 0 Å². The van der Waals surface area contributed by atoms with Crippen molar-refractivity contribution in [1.82, 2.24) is 4.90 Å². The van der Waals surface area contributed by atoms with Crippen LogP contribution in [0.15, 0.2) is 54.6 Å². The number of nitrogens with zero attached hydrogens (tertiary/aromatic N) is 2. The van der Waals surface area contributed by atoms with E-state index in [4.69, 9.17) is 0 Å². The zero-order valence-electron chi connectivity index (χ0n) is 17.5. The molecule has 3 aromatic rings. The van der Waals surface area contributed by atoms with Gasteiger partial charge in [-0.1, -0.05) is 42.5 Å². The molecule has 0 fully saturated rings. The molecule has 5 nitrogen and oxygen atoms in total. The third kappa shape index (κ3) is 4.29. The Morgan fingerprint density at radius 3 is 2.32 bits per heavy atom. The molecule has 0 aliphatic carbocycles. The number of nitriles is 1. The molecule has 1 aliphatic rings. The van der Waals surface area contributed by atoms with E-state index in [1.165, 1.54) is 11.3 Å². The highest BCUT2D eigenvalue weighted by molar-refractivity contribution is 7.16. The SMILES string of the molecule is CC(C)N1CCc2c(sc(NC(=O)c3ccc(C(=O)c4ccccc4)cc3)c2C#N)C1. The van der Waals surface area contributed by atoms with Crippen molar-refractivity contribution in [3.8, 4) is 6.07 Å². The zero-order valence-corrected chi connectivity index (χ0v) is 18.3. The molecule has 0 saturated carbocycles. The summed E-state index contributed by atoms with van der Waals surface area (Å²) in [4.78, 5) is 28.9. The number of rotatable bonds is 5. The Balaban J connectivity index is 1.51. The maximum absolute atomic E-state index is 12.8. The smallest absolute Gasteiger partial charge is 0.256 e. The summed E-state index contributed by atoms with van der Waals surface area (Å²) in [6, 6.07) is 18.4. The van der Waals surface area contributed by atoms with Gasteiger partial charge in [0.05, 0.1) is 5.56 Å². The largest absolute Gasteiger partial charge is 0.312 e. The van der Waals surface area contributed by atoms with E-state index in [0.717, 1.165) is 30.0 Å². The molecule has 0 radical (unpaired) electrons. The molecule has 0 spiro atoms. The van der Waals surface area contributed by atoms with E-state index in [-0.39, 0.29) is 11.7 Å². The van der Waals surface area contributed by atoms with Crippen LogP contribution in [0.3, 0.4) is 0 Å². The second-order valence-corrected chi connectivity index (χ2v) is 8.97. The van der Waals surface area contributed by atoms with Crippen LogP contribution in [0, 0.1) is 11.3 Å². The maximum Gasteiger partial charge on any atom is 0.256 e. The number of fused-ring (bicyclic) bond motifs is 1. The quantitative estimate of drug-likeness (QED) is 0.587. The van der Waals surface area contributed by atoms with Gasteiger partial charge in [0, 0.05) is 40.7 Å². The number of nitrogens with one attached hydrogen (secondary N) is 1. The fraction of sp³-hybridized carbons (Fsp3) is 0.240. The van der Waals surface area contributed by atoms with Gasteiger partial charge in [0.25, 0.3) is 5.91 Å². The molecule has 0 saturated heterocycles. The molecule has 1 amide bonds. The van der Waals surface area contributed by atoms with Crippen LogP contribution in [0.5, 0.6) is 0 Å². The first-order valence-electron chi connectivity index (χ1n) is 10.3. The Hall–Kier alpha value is -3.27. The van der Waals surface area contributed by atoms with Gasteiger partial charge in [-0.25, -0.2) is 0 Å². The second kappa shape index (κ2) is 8.84. The van der Waals surface area contributed by atoms with E-state index in [9.17, 15) is 14.9 Å². The summed E-state index contributed by atoms with van der Waals surface area (Å²) in [5.74, 6) is -0.366. The number of anilines is 1. The third-order valence-corrected chi connectivity index (χ3v) is 6.73. The van der Waals surface area contributed by atoms with Crippen molar-refractivity contribution in [2.24, 2.45) is 0 Å². The third-order valence-electron chi connectivity index (χ3n) is 5.60. The Labute approximate surface area is 185 Å². The molecule has 156 valence electrons. The lowest BCUT2D eigenvalue weighted by Crippen LogP contribution is -2.35. The van der Waals surface area contributed by atoms with Crippen molar-refractivity contribution in [1.29, 1.82) is 5.26 Å². The van der Waals surface area contributed by atoms with E-state index in [2.05, 4.69) is 30.1 Å². The van der Waals surface area contributed by atoms with E-state index in [0.29, 0.717) is 33.3 Å². The van der Waals surface area contributed by atoms with Gasteiger partial charge in [-0.05, 0) is 38.0 Å². The summed E-state index contributed by atoms with van der Waals surface area (Å²) in [7, 11) is 0. The highest BCUT2D eigenvalue weighted by Gasteiger charge is 2.26.